The average molecular weight is 277 g/mol. The highest BCUT2D eigenvalue weighted by Crippen LogP contribution is 2.22. The first-order chi connectivity index (χ1) is 9.36. The van der Waals surface area contributed by atoms with Gasteiger partial charge in [-0.1, -0.05) is 18.3 Å². The summed E-state index contributed by atoms with van der Waals surface area (Å²) in [6.07, 6.45) is 7.88. The zero-order valence-electron chi connectivity index (χ0n) is 11.2. The molecule has 0 spiro atoms. The molecular weight excluding hydrogens is 258 g/mol. The van der Waals surface area contributed by atoms with E-state index < -0.39 is 0 Å². The Balaban J connectivity index is 1.71. The lowest BCUT2D eigenvalue weighted by Crippen LogP contribution is -2.08. The molecule has 19 heavy (non-hydrogen) atoms. The number of aryl methyl sites for hydroxylation is 1. The van der Waals surface area contributed by atoms with E-state index in [0.29, 0.717) is 0 Å². The van der Waals surface area contributed by atoms with Crippen LogP contribution in [0.5, 0.6) is 0 Å². The Hall–Kier alpha value is -1.43. The minimum Gasteiger partial charge on any atom is -0.360 e. The first kappa shape index (κ1) is 12.6. The highest BCUT2D eigenvalue weighted by atomic mass is 32.1. The van der Waals surface area contributed by atoms with Gasteiger partial charge in [-0.2, -0.15) is 0 Å². The molecule has 0 saturated carbocycles. The van der Waals surface area contributed by atoms with Gasteiger partial charge in [0.25, 0.3) is 0 Å². The van der Waals surface area contributed by atoms with Gasteiger partial charge in [0.15, 0.2) is 0 Å². The molecule has 102 valence electrons. The van der Waals surface area contributed by atoms with Gasteiger partial charge < -0.3 is 9.88 Å². The maximum Gasteiger partial charge on any atom is 0.205 e. The Labute approximate surface area is 117 Å². The molecule has 2 aromatic rings. The summed E-state index contributed by atoms with van der Waals surface area (Å²) in [5.74, 6) is 0. The molecule has 2 heterocycles. The highest BCUT2D eigenvalue weighted by molar-refractivity contribution is 7.15. The third kappa shape index (κ3) is 2.78. The van der Waals surface area contributed by atoms with Crippen LogP contribution in [0.4, 0.5) is 5.13 Å². The number of hydrogen-bond acceptors (Lipinski definition) is 5. The third-order valence-electron chi connectivity index (χ3n) is 3.41. The molecule has 0 aromatic carbocycles. The fraction of sp³-hybridized carbons (Fsp3) is 0.615. The molecular formula is C13H19N5S. The molecule has 3 rings (SSSR count). The lowest BCUT2D eigenvalue weighted by atomic mass is 10.0. The molecule has 0 aliphatic heterocycles. The maximum atomic E-state index is 4.51. The highest BCUT2D eigenvalue weighted by Gasteiger charge is 2.16. The van der Waals surface area contributed by atoms with Crippen molar-refractivity contribution in [3.05, 3.63) is 22.7 Å². The first-order valence-corrected chi connectivity index (χ1v) is 7.77. The van der Waals surface area contributed by atoms with Crippen LogP contribution >= 0.6 is 11.3 Å². The normalized spacial score (nSPS) is 14.4. The Morgan fingerprint density at radius 3 is 3.11 bits per heavy atom. The van der Waals surface area contributed by atoms with Crippen LogP contribution in [0.2, 0.25) is 0 Å². The second-order valence-electron chi connectivity index (χ2n) is 4.90. The van der Waals surface area contributed by atoms with E-state index in [-0.39, 0.29) is 0 Å². The quantitative estimate of drug-likeness (QED) is 0.912. The number of rotatable bonds is 5. The molecule has 0 fully saturated rings. The summed E-state index contributed by atoms with van der Waals surface area (Å²) in [5.41, 5.74) is 2.67. The predicted molar refractivity (Wildman–Crippen MR) is 76.7 cm³/mol. The van der Waals surface area contributed by atoms with Crippen molar-refractivity contribution in [2.24, 2.45) is 0 Å². The zero-order chi connectivity index (χ0) is 13.1. The minimum absolute atomic E-state index is 0.799. The van der Waals surface area contributed by atoms with Crippen molar-refractivity contribution in [1.29, 1.82) is 0 Å². The predicted octanol–water partition coefficient (Wildman–Crippen LogP) is 2.48. The van der Waals surface area contributed by atoms with Crippen LogP contribution < -0.4 is 5.32 Å². The summed E-state index contributed by atoms with van der Waals surface area (Å²) in [6, 6.07) is 0. The smallest absolute Gasteiger partial charge is 0.205 e. The van der Waals surface area contributed by atoms with Gasteiger partial charge in [-0.3, -0.25) is 0 Å². The van der Waals surface area contributed by atoms with Gasteiger partial charge in [-0.25, -0.2) is 4.98 Å². The minimum atomic E-state index is 0.799. The van der Waals surface area contributed by atoms with Gasteiger partial charge in [0.2, 0.25) is 5.13 Å². The van der Waals surface area contributed by atoms with Crippen LogP contribution in [-0.2, 0) is 19.4 Å². The van der Waals surface area contributed by atoms with E-state index >= 15 is 0 Å². The summed E-state index contributed by atoms with van der Waals surface area (Å²) < 4.78 is 2.23. The van der Waals surface area contributed by atoms with Crippen molar-refractivity contribution in [2.75, 3.05) is 11.9 Å². The molecule has 1 N–H and O–H groups in total. The molecule has 2 aromatic heterocycles. The van der Waals surface area contributed by atoms with Crippen molar-refractivity contribution in [3.8, 4) is 0 Å². The van der Waals surface area contributed by atoms with Gasteiger partial charge in [0, 0.05) is 12.2 Å². The van der Waals surface area contributed by atoms with Crippen molar-refractivity contribution in [1.82, 2.24) is 19.7 Å². The lowest BCUT2D eigenvalue weighted by molar-refractivity contribution is 0.626. The van der Waals surface area contributed by atoms with Crippen LogP contribution in [0, 0.1) is 0 Å². The molecule has 0 radical (unpaired) electrons. The van der Waals surface area contributed by atoms with Crippen molar-refractivity contribution < 1.29 is 0 Å². The molecule has 0 atom stereocenters. The van der Waals surface area contributed by atoms with Crippen LogP contribution in [0.25, 0.3) is 0 Å². The summed E-state index contributed by atoms with van der Waals surface area (Å²) in [5, 5.41) is 13.7. The van der Waals surface area contributed by atoms with E-state index in [0.717, 1.165) is 42.5 Å². The van der Waals surface area contributed by atoms with Gasteiger partial charge in [-0.05, 0) is 32.1 Å². The van der Waals surface area contributed by atoms with E-state index in [9.17, 15) is 0 Å². The zero-order valence-corrected chi connectivity index (χ0v) is 12.0. The van der Waals surface area contributed by atoms with Crippen molar-refractivity contribution in [3.63, 3.8) is 0 Å². The summed E-state index contributed by atoms with van der Waals surface area (Å²) in [6.45, 7) is 3.90. The average Bonchev–Trinajstić information content (AvgIpc) is 3.05. The van der Waals surface area contributed by atoms with Gasteiger partial charge in [0.1, 0.15) is 5.01 Å². The van der Waals surface area contributed by atoms with Crippen molar-refractivity contribution >= 4 is 16.5 Å². The molecule has 1 aliphatic rings. The van der Waals surface area contributed by atoms with Gasteiger partial charge in [0.05, 0.1) is 18.6 Å². The first-order valence-electron chi connectivity index (χ1n) is 6.96. The van der Waals surface area contributed by atoms with E-state index in [2.05, 4.69) is 32.0 Å². The fourth-order valence-corrected chi connectivity index (χ4v) is 3.20. The second kappa shape index (κ2) is 5.69. The van der Waals surface area contributed by atoms with Crippen LogP contribution in [0.1, 0.15) is 42.6 Å². The number of nitrogens with zero attached hydrogens (tertiary/aromatic N) is 4. The largest absolute Gasteiger partial charge is 0.360 e. The Morgan fingerprint density at radius 1 is 1.32 bits per heavy atom. The summed E-state index contributed by atoms with van der Waals surface area (Å²) >= 11 is 1.64. The standard InChI is InChI=1S/C13H19N5S/c1-2-7-14-13-17-16-12(19-13)8-18-9-15-10-5-3-4-6-11(10)18/h9H,2-8H2,1H3,(H,14,17). The van der Waals surface area contributed by atoms with E-state index in [1.807, 2.05) is 6.33 Å². The number of hydrogen-bond donors (Lipinski definition) is 1. The number of fused-ring (bicyclic) bond motifs is 1. The molecule has 0 unspecified atom stereocenters. The Morgan fingerprint density at radius 2 is 2.21 bits per heavy atom. The van der Waals surface area contributed by atoms with E-state index in [4.69, 9.17) is 0 Å². The fourth-order valence-electron chi connectivity index (χ4n) is 2.43. The van der Waals surface area contributed by atoms with Crippen molar-refractivity contribution in [2.45, 2.75) is 45.6 Å². The Bertz CT molecular complexity index is 545. The monoisotopic (exact) mass is 277 g/mol. The summed E-state index contributed by atoms with van der Waals surface area (Å²) in [4.78, 5) is 4.51. The molecule has 6 heteroatoms. The van der Waals surface area contributed by atoms with E-state index in [1.54, 1.807) is 11.3 Å². The molecule has 5 nitrogen and oxygen atoms in total. The molecule has 1 aliphatic carbocycles. The SMILES string of the molecule is CCCNc1nnc(Cn2cnc3c2CCCC3)s1. The van der Waals surface area contributed by atoms with Crippen LogP contribution in [-0.4, -0.2) is 26.3 Å². The summed E-state index contributed by atoms with van der Waals surface area (Å²) in [7, 11) is 0. The number of imidazole rings is 1. The lowest BCUT2D eigenvalue weighted by Gasteiger charge is -2.12. The van der Waals surface area contributed by atoms with Gasteiger partial charge >= 0.3 is 0 Å². The number of aromatic nitrogens is 4. The number of anilines is 1. The number of nitrogens with one attached hydrogen (secondary N) is 1. The maximum absolute atomic E-state index is 4.51. The van der Waals surface area contributed by atoms with Gasteiger partial charge in [-0.15, -0.1) is 10.2 Å². The van der Waals surface area contributed by atoms with Crippen LogP contribution in [0.3, 0.4) is 0 Å². The van der Waals surface area contributed by atoms with Crippen LogP contribution in [0.15, 0.2) is 6.33 Å². The second-order valence-corrected chi connectivity index (χ2v) is 5.96. The topological polar surface area (TPSA) is 55.6 Å². The molecule has 0 saturated heterocycles. The molecule has 0 amide bonds. The molecule has 0 bridgehead atoms. The third-order valence-corrected chi connectivity index (χ3v) is 4.27. The van der Waals surface area contributed by atoms with E-state index in [1.165, 1.54) is 24.2 Å². The Kier molecular flexibility index (Phi) is 3.77.